The molecule has 1 fully saturated rings. The van der Waals surface area contributed by atoms with Gasteiger partial charge in [-0.3, -0.25) is 0 Å². The van der Waals surface area contributed by atoms with Crippen LogP contribution in [0.1, 0.15) is 31.3 Å². The Labute approximate surface area is 117 Å². The van der Waals surface area contributed by atoms with Crippen molar-refractivity contribution in [3.63, 3.8) is 0 Å². The molecule has 0 bridgehead atoms. The lowest BCUT2D eigenvalue weighted by Crippen LogP contribution is -2.56. The van der Waals surface area contributed by atoms with Crippen molar-refractivity contribution < 1.29 is 19.1 Å². The van der Waals surface area contributed by atoms with Crippen molar-refractivity contribution in [2.24, 2.45) is 0 Å². The van der Waals surface area contributed by atoms with Crippen LogP contribution in [0.5, 0.6) is 0 Å². The van der Waals surface area contributed by atoms with Crippen LogP contribution in [0.2, 0.25) is 0 Å². The van der Waals surface area contributed by atoms with Crippen molar-refractivity contribution in [1.82, 2.24) is 9.88 Å². The number of ether oxygens (including phenoxy) is 2. The fraction of sp³-hybridized carbons (Fsp3) is 0.500. The highest BCUT2D eigenvalue weighted by Gasteiger charge is 2.36. The van der Waals surface area contributed by atoms with Gasteiger partial charge in [-0.05, 0) is 32.9 Å². The molecule has 0 spiro atoms. The van der Waals surface area contributed by atoms with Gasteiger partial charge in [0.1, 0.15) is 17.4 Å². The van der Waals surface area contributed by atoms with E-state index in [0.29, 0.717) is 13.1 Å². The molecule has 1 aromatic heterocycles. The maximum absolute atomic E-state index is 11.7. The standard InChI is InChI=1S/C14H18N2O4/c1-14(2,3)20-13(18)16-8-10(9-16)19-12(17)11-6-4-5-7-15-11/h4-7,10H,8-9H2,1-3H3. The molecule has 1 amide bonds. The van der Waals surface area contributed by atoms with Crippen LogP contribution < -0.4 is 0 Å². The van der Waals surface area contributed by atoms with Crippen LogP contribution in [0.25, 0.3) is 0 Å². The summed E-state index contributed by atoms with van der Waals surface area (Å²) in [6.45, 7) is 6.14. The average Bonchev–Trinajstić information content (AvgIpc) is 2.31. The van der Waals surface area contributed by atoms with Crippen molar-refractivity contribution in [3.05, 3.63) is 30.1 Å². The highest BCUT2D eigenvalue weighted by atomic mass is 16.6. The van der Waals surface area contributed by atoms with Gasteiger partial charge in [-0.2, -0.15) is 0 Å². The number of carbonyl (C=O) groups is 2. The summed E-state index contributed by atoms with van der Waals surface area (Å²) in [7, 11) is 0. The first-order valence-corrected chi connectivity index (χ1v) is 6.45. The summed E-state index contributed by atoms with van der Waals surface area (Å²) in [5.41, 5.74) is -0.254. The summed E-state index contributed by atoms with van der Waals surface area (Å²) < 4.78 is 10.4. The van der Waals surface area contributed by atoms with Crippen molar-refractivity contribution >= 4 is 12.1 Å². The number of nitrogens with zero attached hydrogens (tertiary/aromatic N) is 2. The molecular formula is C14H18N2O4. The molecular weight excluding hydrogens is 260 g/mol. The van der Waals surface area contributed by atoms with Gasteiger partial charge in [-0.25, -0.2) is 14.6 Å². The quantitative estimate of drug-likeness (QED) is 0.772. The van der Waals surface area contributed by atoms with E-state index in [0.717, 1.165) is 0 Å². The monoisotopic (exact) mass is 278 g/mol. The maximum atomic E-state index is 11.7. The SMILES string of the molecule is CC(C)(C)OC(=O)N1CC(OC(=O)c2ccccn2)C1. The predicted octanol–water partition coefficient (Wildman–Crippen LogP) is 1.86. The van der Waals surface area contributed by atoms with Crippen molar-refractivity contribution in [1.29, 1.82) is 0 Å². The summed E-state index contributed by atoms with van der Waals surface area (Å²) in [5, 5.41) is 0. The summed E-state index contributed by atoms with van der Waals surface area (Å²) in [4.78, 5) is 28.8. The Morgan fingerprint density at radius 2 is 2.00 bits per heavy atom. The molecule has 2 rings (SSSR count). The van der Waals surface area contributed by atoms with Crippen molar-refractivity contribution in [3.8, 4) is 0 Å². The van der Waals surface area contributed by atoms with Crippen LogP contribution in [0, 0.1) is 0 Å². The molecule has 20 heavy (non-hydrogen) atoms. The molecule has 1 aromatic rings. The number of amides is 1. The molecule has 0 aliphatic carbocycles. The zero-order valence-electron chi connectivity index (χ0n) is 11.8. The van der Waals surface area contributed by atoms with E-state index in [1.165, 1.54) is 11.1 Å². The maximum Gasteiger partial charge on any atom is 0.410 e. The number of carbonyl (C=O) groups excluding carboxylic acids is 2. The Hall–Kier alpha value is -2.11. The second-order valence-electron chi connectivity index (χ2n) is 5.63. The third-order valence-electron chi connectivity index (χ3n) is 2.65. The Kier molecular flexibility index (Phi) is 3.92. The smallest absolute Gasteiger partial charge is 0.410 e. The Morgan fingerprint density at radius 1 is 1.30 bits per heavy atom. The lowest BCUT2D eigenvalue weighted by molar-refractivity contribution is -0.0455. The normalized spacial score (nSPS) is 15.4. The number of hydrogen-bond donors (Lipinski definition) is 0. The minimum absolute atomic E-state index is 0.267. The average molecular weight is 278 g/mol. The minimum atomic E-state index is -0.521. The fourth-order valence-corrected chi connectivity index (χ4v) is 1.68. The molecule has 0 saturated carbocycles. The first kappa shape index (κ1) is 14.3. The van der Waals surface area contributed by atoms with E-state index in [1.807, 2.05) is 20.8 Å². The van der Waals surface area contributed by atoms with Crippen LogP contribution in [0.15, 0.2) is 24.4 Å². The summed E-state index contributed by atoms with van der Waals surface area (Å²) in [6, 6.07) is 5.04. The molecule has 0 radical (unpaired) electrons. The van der Waals surface area contributed by atoms with Crippen LogP contribution >= 0.6 is 0 Å². The number of hydrogen-bond acceptors (Lipinski definition) is 5. The van der Waals surface area contributed by atoms with Gasteiger partial charge in [0, 0.05) is 6.20 Å². The third kappa shape index (κ3) is 3.69. The summed E-state index contributed by atoms with van der Waals surface area (Å²) in [6.07, 6.45) is 0.851. The van der Waals surface area contributed by atoms with Crippen LogP contribution in [0.4, 0.5) is 4.79 Å². The molecule has 6 heteroatoms. The van der Waals surface area contributed by atoms with Gasteiger partial charge in [0.15, 0.2) is 0 Å². The Morgan fingerprint density at radius 3 is 2.55 bits per heavy atom. The van der Waals surface area contributed by atoms with Gasteiger partial charge in [-0.15, -0.1) is 0 Å². The van der Waals surface area contributed by atoms with E-state index in [2.05, 4.69) is 4.98 Å². The lowest BCUT2D eigenvalue weighted by Gasteiger charge is -2.38. The molecule has 0 atom stereocenters. The van der Waals surface area contributed by atoms with Gasteiger partial charge in [0.25, 0.3) is 0 Å². The molecule has 0 N–H and O–H groups in total. The summed E-state index contributed by atoms with van der Waals surface area (Å²) >= 11 is 0. The zero-order valence-corrected chi connectivity index (χ0v) is 11.8. The topological polar surface area (TPSA) is 68.7 Å². The van der Waals surface area contributed by atoms with Gasteiger partial charge in [-0.1, -0.05) is 6.07 Å². The molecule has 0 unspecified atom stereocenters. The molecule has 2 heterocycles. The minimum Gasteiger partial charge on any atom is -0.454 e. The molecule has 1 aliphatic rings. The molecule has 6 nitrogen and oxygen atoms in total. The number of esters is 1. The van der Waals surface area contributed by atoms with Gasteiger partial charge in [0.05, 0.1) is 13.1 Å². The number of likely N-dealkylation sites (tertiary alicyclic amines) is 1. The molecule has 1 saturated heterocycles. The number of pyridine rings is 1. The molecule has 108 valence electrons. The van der Waals surface area contributed by atoms with Gasteiger partial charge >= 0.3 is 12.1 Å². The van der Waals surface area contributed by atoms with E-state index in [9.17, 15) is 9.59 Å². The largest absolute Gasteiger partial charge is 0.454 e. The van der Waals surface area contributed by atoms with E-state index < -0.39 is 11.6 Å². The van der Waals surface area contributed by atoms with Crippen LogP contribution in [-0.4, -0.2) is 46.7 Å². The van der Waals surface area contributed by atoms with Crippen molar-refractivity contribution in [2.75, 3.05) is 13.1 Å². The second kappa shape index (κ2) is 5.48. The number of rotatable bonds is 2. The second-order valence-corrected chi connectivity index (χ2v) is 5.63. The summed E-state index contributed by atoms with van der Waals surface area (Å²) in [5.74, 6) is -0.473. The van der Waals surface area contributed by atoms with E-state index in [1.54, 1.807) is 18.2 Å². The highest BCUT2D eigenvalue weighted by Crippen LogP contribution is 2.17. The molecule has 1 aliphatic heterocycles. The van der Waals surface area contributed by atoms with E-state index in [4.69, 9.17) is 9.47 Å². The van der Waals surface area contributed by atoms with Gasteiger partial charge in [0.2, 0.25) is 0 Å². The van der Waals surface area contributed by atoms with Gasteiger partial charge < -0.3 is 14.4 Å². The van der Waals surface area contributed by atoms with E-state index >= 15 is 0 Å². The Balaban J connectivity index is 1.77. The van der Waals surface area contributed by atoms with Crippen LogP contribution in [0.3, 0.4) is 0 Å². The first-order valence-electron chi connectivity index (χ1n) is 6.45. The predicted molar refractivity (Wildman–Crippen MR) is 71.2 cm³/mol. The first-order chi connectivity index (χ1) is 9.35. The molecule has 0 aromatic carbocycles. The lowest BCUT2D eigenvalue weighted by atomic mass is 10.1. The Bertz CT molecular complexity index is 490. The zero-order chi connectivity index (χ0) is 14.8. The van der Waals surface area contributed by atoms with Crippen molar-refractivity contribution in [2.45, 2.75) is 32.5 Å². The third-order valence-corrected chi connectivity index (χ3v) is 2.65. The fourth-order valence-electron chi connectivity index (χ4n) is 1.68. The van der Waals surface area contributed by atoms with Crippen LogP contribution in [-0.2, 0) is 9.47 Å². The highest BCUT2D eigenvalue weighted by molar-refractivity contribution is 5.87. The number of aromatic nitrogens is 1. The van der Waals surface area contributed by atoms with E-state index in [-0.39, 0.29) is 17.9 Å².